The van der Waals surface area contributed by atoms with Crippen LogP contribution in [0.25, 0.3) is 10.9 Å². The van der Waals surface area contributed by atoms with Gasteiger partial charge < -0.3 is 10.1 Å². The van der Waals surface area contributed by atoms with Gasteiger partial charge in [0.1, 0.15) is 5.69 Å². The van der Waals surface area contributed by atoms with E-state index in [1.54, 1.807) is 6.07 Å². The maximum atomic E-state index is 11.6. The third-order valence-electron chi connectivity index (χ3n) is 2.53. The molecule has 0 bridgehead atoms. The number of aryl methyl sites for hydroxylation is 1. The zero-order valence-electron chi connectivity index (χ0n) is 8.78. The molecular formula is C12H11NO3. The van der Waals surface area contributed by atoms with Gasteiger partial charge in [-0.15, -0.1) is 0 Å². The number of pyridine rings is 1. The Hall–Kier alpha value is -2.10. The highest BCUT2D eigenvalue weighted by atomic mass is 16.4. The first kappa shape index (κ1) is 10.4. The first-order valence-electron chi connectivity index (χ1n) is 5.01. The van der Waals surface area contributed by atoms with Gasteiger partial charge in [-0.1, -0.05) is 13.0 Å². The number of carboxylic acid groups (broad SMARTS) is 1. The summed E-state index contributed by atoms with van der Waals surface area (Å²) in [6.07, 6.45) is 0.843. The standard InChI is InChI=1S/C12H11NO3/c1-2-7-3-4-8-9(5-7)13-10(12(15)16)6-11(8)14/h3-6H,2H2,1H3,(H,13,14)(H,15,16). The third kappa shape index (κ3) is 1.69. The minimum Gasteiger partial charge on any atom is -0.477 e. The molecule has 4 heteroatoms. The van der Waals surface area contributed by atoms with Crippen LogP contribution in [0.15, 0.2) is 29.1 Å². The molecule has 0 saturated carbocycles. The van der Waals surface area contributed by atoms with Crippen LogP contribution >= 0.6 is 0 Å². The number of hydrogen-bond acceptors (Lipinski definition) is 2. The Bertz CT molecular complexity index is 613. The lowest BCUT2D eigenvalue weighted by Crippen LogP contribution is -2.09. The predicted molar refractivity (Wildman–Crippen MR) is 60.9 cm³/mol. The van der Waals surface area contributed by atoms with E-state index in [0.717, 1.165) is 18.1 Å². The molecule has 2 rings (SSSR count). The topological polar surface area (TPSA) is 70.2 Å². The second-order valence-electron chi connectivity index (χ2n) is 3.59. The van der Waals surface area contributed by atoms with Crippen molar-refractivity contribution in [3.8, 4) is 0 Å². The van der Waals surface area contributed by atoms with Crippen LogP contribution < -0.4 is 5.43 Å². The molecule has 0 aliphatic rings. The summed E-state index contributed by atoms with van der Waals surface area (Å²) in [6, 6.07) is 6.51. The monoisotopic (exact) mass is 217 g/mol. The van der Waals surface area contributed by atoms with E-state index in [1.807, 2.05) is 19.1 Å². The summed E-state index contributed by atoms with van der Waals surface area (Å²) >= 11 is 0. The highest BCUT2D eigenvalue weighted by Gasteiger charge is 2.07. The van der Waals surface area contributed by atoms with Crippen LogP contribution in [0.3, 0.4) is 0 Å². The molecule has 0 aliphatic heterocycles. The van der Waals surface area contributed by atoms with E-state index in [-0.39, 0.29) is 11.1 Å². The molecule has 0 radical (unpaired) electrons. The predicted octanol–water partition coefficient (Wildman–Crippen LogP) is 1.79. The summed E-state index contributed by atoms with van der Waals surface area (Å²) in [4.78, 5) is 25.1. The van der Waals surface area contributed by atoms with Gasteiger partial charge in [0.05, 0.1) is 5.52 Å². The number of carboxylic acids is 1. The number of rotatable bonds is 2. The van der Waals surface area contributed by atoms with E-state index in [9.17, 15) is 9.59 Å². The zero-order chi connectivity index (χ0) is 11.7. The molecule has 0 unspecified atom stereocenters. The SMILES string of the molecule is CCc1ccc2c(=O)cc(C(=O)O)[nH]c2c1. The maximum absolute atomic E-state index is 11.6. The smallest absolute Gasteiger partial charge is 0.352 e. The van der Waals surface area contributed by atoms with Crippen LogP contribution in [0.2, 0.25) is 0 Å². The van der Waals surface area contributed by atoms with Crippen molar-refractivity contribution < 1.29 is 9.90 Å². The Morgan fingerprint density at radius 3 is 2.75 bits per heavy atom. The fourth-order valence-corrected chi connectivity index (χ4v) is 1.63. The van der Waals surface area contributed by atoms with Crippen molar-refractivity contribution >= 4 is 16.9 Å². The van der Waals surface area contributed by atoms with E-state index in [2.05, 4.69) is 4.98 Å². The summed E-state index contributed by atoms with van der Waals surface area (Å²) < 4.78 is 0. The van der Waals surface area contributed by atoms with E-state index in [0.29, 0.717) is 10.9 Å². The van der Waals surface area contributed by atoms with Crippen LogP contribution in [0.4, 0.5) is 0 Å². The number of benzene rings is 1. The minimum absolute atomic E-state index is 0.0780. The van der Waals surface area contributed by atoms with Crippen molar-refractivity contribution in [2.24, 2.45) is 0 Å². The number of aromatic amines is 1. The Morgan fingerprint density at radius 1 is 1.38 bits per heavy atom. The van der Waals surface area contributed by atoms with E-state index >= 15 is 0 Å². The minimum atomic E-state index is -1.12. The van der Waals surface area contributed by atoms with Crippen molar-refractivity contribution in [3.05, 3.63) is 45.7 Å². The van der Waals surface area contributed by atoms with Gasteiger partial charge in [-0.2, -0.15) is 0 Å². The number of aromatic carboxylic acids is 1. The van der Waals surface area contributed by atoms with E-state index < -0.39 is 5.97 Å². The normalized spacial score (nSPS) is 10.6. The number of carbonyl (C=O) groups is 1. The second kappa shape index (κ2) is 3.81. The molecule has 0 spiro atoms. The number of aromatic nitrogens is 1. The lowest BCUT2D eigenvalue weighted by Gasteiger charge is -2.02. The van der Waals surface area contributed by atoms with Crippen molar-refractivity contribution in [1.82, 2.24) is 4.98 Å². The Balaban J connectivity index is 2.78. The first-order valence-corrected chi connectivity index (χ1v) is 5.01. The lowest BCUT2D eigenvalue weighted by molar-refractivity contribution is 0.0691. The fourth-order valence-electron chi connectivity index (χ4n) is 1.63. The second-order valence-corrected chi connectivity index (χ2v) is 3.59. The molecule has 82 valence electrons. The van der Waals surface area contributed by atoms with Crippen LogP contribution in [-0.2, 0) is 6.42 Å². The molecule has 16 heavy (non-hydrogen) atoms. The largest absolute Gasteiger partial charge is 0.477 e. The third-order valence-corrected chi connectivity index (χ3v) is 2.53. The number of nitrogens with one attached hydrogen (secondary N) is 1. The van der Waals surface area contributed by atoms with Gasteiger partial charge in [0.2, 0.25) is 0 Å². The number of fused-ring (bicyclic) bond motifs is 1. The number of H-pyrrole nitrogens is 1. The van der Waals surface area contributed by atoms with Gasteiger partial charge in [0.15, 0.2) is 5.43 Å². The van der Waals surface area contributed by atoms with Crippen molar-refractivity contribution in [2.45, 2.75) is 13.3 Å². The van der Waals surface area contributed by atoms with Crippen molar-refractivity contribution in [3.63, 3.8) is 0 Å². The summed E-state index contributed by atoms with van der Waals surface area (Å²) in [5, 5.41) is 9.34. The highest BCUT2D eigenvalue weighted by Crippen LogP contribution is 2.11. The Morgan fingerprint density at radius 2 is 2.12 bits per heavy atom. The van der Waals surface area contributed by atoms with E-state index in [1.165, 1.54) is 0 Å². The van der Waals surface area contributed by atoms with E-state index in [4.69, 9.17) is 5.11 Å². The number of hydrogen-bond donors (Lipinski definition) is 2. The van der Waals surface area contributed by atoms with Gasteiger partial charge in [-0.3, -0.25) is 4.79 Å². The van der Waals surface area contributed by atoms with Gasteiger partial charge in [-0.05, 0) is 24.1 Å². The summed E-state index contributed by atoms with van der Waals surface area (Å²) in [6.45, 7) is 2.00. The molecule has 4 nitrogen and oxygen atoms in total. The molecule has 1 heterocycles. The highest BCUT2D eigenvalue weighted by molar-refractivity contribution is 5.89. The summed E-state index contributed by atoms with van der Waals surface area (Å²) in [5.41, 5.74) is 1.29. The molecule has 1 aromatic carbocycles. The zero-order valence-corrected chi connectivity index (χ0v) is 8.78. The molecule has 0 atom stereocenters. The fraction of sp³-hybridized carbons (Fsp3) is 0.167. The molecule has 0 saturated heterocycles. The van der Waals surface area contributed by atoms with Gasteiger partial charge in [0, 0.05) is 11.5 Å². The van der Waals surface area contributed by atoms with Crippen LogP contribution in [-0.4, -0.2) is 16.1 Å². The molecule has 0 fully saturated rings. The average molecular weight is 217 g/mol. The average Bonchev–Trinajstić information content (AvgIpc) is 2.28. The molecular weight excluding hydrogens is 206 g/mol. The van der Waals surface area contributed by atoms with Gasteiger partial charge >= 0.3 is 5.97 Å². The molecule has 1 aromatic heterocycles. The molecule has 2 aromatic rings. The lowest BCUT2D eigenvalue weighted by atomic mass is 10.1. The van der Waals surface area contributed by atoms with Gasteiger partial charge in [-0.25, -0.2) is 4.79 Å². The van der Waals surface area contributed by atoms with Crippen molar-refractivity contribution in [1.29, 1.82) is 0 Å². The summed E-state index contributed by atoms with van der Waals surface area (Å²) in [7, 11) is 0. The quantitative estimate of drug-likeness (QED) is 0.805. The Kier molecular flexibility index (Phi) is 2.48. The first-order chi connectivity index (χ1) is 7.61. The van der Waals surface area contributed by atoms with Crippen LogP contribution in [0, 0.1) is 0 Å². The molecule has 0 aliphatic carbocycles. The van der Waals surface area contributed by atoms with Crippen molar-refractivity contribution in [2.75, 3.05) is 0 Å². The van der Waals surface area contributed by atoms with Gasteiger partial charge in [0.25, 0.3) is 0 Å². The molecule has 0 amide bonds. The Labute approximate surface area is 91.5 Å². The maximum Gasteiger partial charge on any atom is 0.352 e. The van der Waals surface area contributed by atoms with Crippen LogP contribution in [0.1, 0.15) is 23.0 Å². The molecule has 2 N–H and O–H groups in total. The summed E-state index contributed by atoms with van der Waals surface area (Å²) in [5.74, 6) is -1.12. The van der Waals surface area contributed by atoms with Crippen LogP contribution in [0.5, 0.6) is 0 Å².